The second-order valence-electron chi connectivity index (χ2n) is 18.8. The molecule has 12 rings (SSSR count). The van der Waals surface area contributed by atoms with E-state index >= 15 is 0 Å². The summed E-state index contributed by atoms with van der Waals surface area (Å²) < 4.78 is 21.6. The molecule has 26 nitrogen and oxygen atoms in total. The van der Waals surface area contributed by atoms with Crippen molar-refractivity contribution in [1.82, 2.24) is 0 Å². The van der Waals surface area contributed by atoms with Gasteiger partial charge in [-0.2, -0.15) is 0 Å². The van der Waals surface area contributed by atoms with E-state index in [1.165, 1.54) is 60.7 Å². The second-order valence-corrected chi connectivity index (χ2v) is 18.8. The fourth-order valence-electron chi connectivity index (χ4n) is 8.58. The lowest BCUT2D eigenvalue weighted by Crippen LogP contribution is -2.03. The van der Waals surface area contributed by atoms with Crippen LogP contribution in [-0.2, 0) is 0 Å². The highest BCUT2D eigenvalue weighted by atomic mass is 16.4. The lowest BCUT2D eigenvalue weighted by atomic mass is 10.1. The summed E-state index contributed by atoms with van der Waals surface area (Å²) in [6.45, 7) is 1.70. The Morgan fingerprint density at radius 1 is 0.264 bits per heavy atom. The van der Waals surface area contributed by atoms with Gasteiger partial charge in [0.15, 0.2) is 51.5 Å². The minimum Gasteiger partial charge on any atom is -0.508 e. The molecular formula is C61H42O26. The summed E-state index contributed by atoms with van der Waals surface area (Å²) in [7, 11) is 0. The SMILES string of the molecule is Cc1ccc(-c2oc3cc(O)cc(O)c3c(=O)c2O)cc1O.O=c1c(O)c(-c2cc(O)c(O)c(O)c2)oc2cc(O)cc(O)c12.O=c1c(O)c(-c2ccc(O)cc2)oc2cc(O)cc(O)c12.O=c1cc(-c2ccc(O)c(O)c2)oc2cc(O)cc(O)c12. The van der Waals surface area contributed by atoms with Crippen LogP contribution in [0.25, 0.3) is 89.2 Å². The van der Waals surface area contributed by atoms with E-state index in [1.807, 2.05) is 0 Å². The molecule has 18 N–H and O–H groups in total. The maximum absolute atomic E-state index is 12.2. The van der Waals surface area contributed by atoms with E-state index in [0.29, 0.717) is 22.3 Å². The van der Waals surface area contributed by atoms with Gasteiger partial charge in [-0.1, -0.05) is 12.1 Å². The van der Waals surface area contributed by atoms with E-state index in [2.05, 4.69) is 0 Å². The predicted octanol–water partition coefficient (Wildman–Crippen LogP) is 8.85. The van der Waals surface area contributed by atoms with E-state index < -0.39 is 79.2 Å². The minimum atomic E-state index is -0.967. The van der Waals surface area contributed by atoms with Gasteiger partial charge < -0.3 is 110 Å². The third-order valence-corrected chi connectivity index (χ3v) is 12.8. The molecule has 0 atom stereocenters. The fourth-order valence-corrected chi connectivity index (χ4v) is 8.58. The Balaban J connectivity index is 0.000000138. The Bertz CT molecular complexity index is 4990. The summed E-state index contributed by atoms with van der Waals surface area (Å²) in [5.41, 5.74) is -1.86. The summed E-state index contributed by atoms with van der Waals surface area (Å²) in [6.07, 6.45) is 0. The standard InChI is InChI=1S/C16H12O6.C15H10O8.2C15H10O6/c1-7-2-3-8(4-10(7)18)16-15(21)14(20)13-11(19)5-9(17)6-12(13)22-16;16-6-3-7(17)11-10(4-6)23-15(14(22)13(11)21)5-1-8(18)12(20)9(19)2-5;16-8-3-1-7(2-4-8)15-14(20)13(19)12-10(18)5-9(17)6-11(12)21-15;16-8-4-11(19)15-12(20)6-13(21-14(15)5-8)7-1-2-9(17)10(18)3-7/h2-6,17-19,21H,1H3;1-4,16-20,22H;1-6,16-18,20H;1-6,16-19H. The van der Waals surface area contributed by atoms with Crippen molar-refractivity contribution in [3.8, 4) is 149 Å². The van der Waals surface area contributed by atoms with E-state index in [9.17, 15) is 111 Å². The molecule has 4 aromatic heterocycles. The van der Waals surface area contributed by atoms with Crippen LogP contribution < -0.4 is 21.7 Å². The number of phenolic OH excluding ortho intramolecular Hbond substituents is 15. The lowest BCUT2D eigenvalue weighted by molar-refractivity contribution is 0.368. The molecule has 0 aliphatic carbocycles. The molecule has 0 unspecified atom stereocenters. The Labute approximate surface area is 481 Å². The van der Waals surface area contributed by atoms with E-state index in [-0.39, 0.29) is 118 Å². The van der Waals surface area contributed by atoms with Crippen LogP contribution in [0, 0.1) is 6.92 Å². The molecule has 8 aromatic carbocycles. The molecule has 87 heavy (non-hydrogen) atoms. The maximum atomic E-state index is 12.2. The zero-order valence-electron chi connectivity index (χ0n) is 43.9. The largest absolute Gasteiger partial charge is 0.508 e. The summed E-state index contributed by atoms with van der Waals surface area (Å²) in [5.74, 6) is -8.65. The molecule has 4 heterocycles. The monoisotopic (exact) mass is 1190 g/mol. The van der Waals surface area contributed by atoms with Crippen molar-refractivity contribution >= 4 is 43.9 Å². The van der Waals surface area contributed by atoms with Crippen LogP contribution in [0.3, 0.4) is 0 Å². The molecule has 0 fully saturated rings. The topological polar surface area (TPSA) is 485 Å². The normalized spacial score (nSPS) is 10.9. The van der Waals surface area contributed by atoms with Crippen LogP contribution in [0.1, 0.15) is 5.56 Å². The van der Waals surface area contributed by atoms with Gasteiger partial charge in [-0.3, -0.25) is 19.2 Å². The molecule has 0 bridgehead atoms. The molecule has 0 spiro atoms. The van der Waals surface area contributed by atoms with E-state index in [0.717, 1.165) is 54.6 Å². The quantitative estimate of drug-likeness (QED) is 0.0731. The van der Waals surface area contributed by atoms with Crippen molar-refractivity contribution < 1.29 is 110 Å². The molecule has 0 aliphatic rings. The highest BCUT2D eigenvalue weighted by molar-refractivity contribution is 5.91. The van der Waals surface area contributed by atoms with Gasteiger partial charge in [0.05, 0.1) is 0 Å². The third kappa shape index (κ3) is 11.5. The molecule has 0 saturated heterocycles. The first-order chi connectivity index (χ1) is 41.1. The van der Waals surface area contributed by atoms with Gasteiger partial charge in [0.1, 0.15) is 107 Å². The van der Waals surface area contributed by atoms with Gasteiger partial charge in [-0.05, 0) is 73.2 Å². The number of aryl methyl sites for hydroxylation is 1. The van der Waals surface area contributed by atoms with Crippen molar-refractivity contribution in [3.05, 3.63) is 174 Å². The molecule has 0 saturated carbocycles. The predicted molar refractivity (Wildman–Crippen MR) is 306 cm³/mol. The van der Waals surface area contributed by atoms with Crippen LogP contribution in [0.5, 0.6) is 103 Å². The van der Waals surface area contributed by atoms with Crippen molar-refractivity contribution in [2.24, 2.45) is 0 Å². The Hall–Kier alpha value is -13.0. The highest BCUT2D eigenvalue weighted by Gasteiger charge is 2.23. The molecule has 0 radical (unpaired) electrons. The molecule has 0 aliphatic heterocycles. The van der Waals surface area contributed by atoms with E-state index in [4.69, 9.17) is 17.7 Å². The zero-order valence-corrected chi connectivity index (χ0v) is 43.9. The summed E-state index contributed by atoms with van der Waals surface area (Å²) in [6, 6.07) is 25.7. The average molecular weight is 1190 g/mol. The first-order valence-electron chi connectivity index (χ1n) is 24.6. The number of phenols is 15. The van der Waals surface area contributed by atoms with E-state index in [1.54, 1.807) is 19.1 Å². The molecule has 26 heteroatoms. The smallest absolute Gasteiger partial charge is 0.238 e. The van der Waals surface area contributed by atoms with Crippen LogP contribution >= 0.6 is 0 Å². The van der Waals surface area contributed by atoms with Crippen molar-refractivity contribution in [3.63, 3.8) is 0 Å². The van der Waals surface area contributed by atoms with Gasteiger partial charge >= 0.3 is 0 Å². The summed E-state index contributed by atoms with van der Waals surface area (Å²) in [4.78, 5) is 48.5. The first-order valence-corrected chi connectivity index (χ1v) is 24.6. The van der Waals surface area contributed by atoms with Gasteiger partial charge in [-0.25, -0.2) is 0 Å². The fraction of sp³-hybridized carbons (Fsp3) is 0.0164. The van der Waals surface area contributed by atoms with Gasteiger partial charge in [-0.15, -0.1) is 0 Å². The number of fused-ring (bicyclic) bond motifs is 4. The lowest BCUT2D eigenvalue weighted by Gasteiger charge is -2.09. The van der Waals surface area contributed by atoms with Crippen LogP contribution in [-0.4, -0.2) is 91.9 Å². The number of benzene rings is 8. The summed E-state index contributed by atoms with van der Waals surface area (Å²) in [5, 5.41) is 172. The molecule has 0 amide bonds. The maximum Gasteiger partial charge on any atom is 0.238 e. The van der Waals surface area contributed by atoms with Gasteiger partial charge in [0.25, 0.3) is 0 Å². The molecular weight excluding hydrogens is 1150 g/mol. The van der Waals surface area contributed by atoms with Crippen LogP contribution in [0.4, 0.5) is 0 Å². The number of hydrogen-bond donors (Lipinski definition) is 18. The molecule has 442 valence electrons. The highest BCUT2D eigenvalue weighted by Crippen LogP contribution is 2.43. The second kappa shape index (κ2) is 22.7. The third-order valence-electron chi connectivity index (χ3n) is 12.8. The minimum absolute atomic E-state index is 0.0154. The number of hydrogen-bond acceptors (Lipinski definition) is 26. The van der Waals surface area contributed by atoms with Crippen LogP contribution in [0.15, 0.2) is 164 Å². The Morgan fingerprint density at radius 2 is 0.621 bits per heavy atom. The Kier molecular flexibility index (Phi) is 15.3. The number of rotatable bonds is 4. The average Bonchev–Trinajstić information content (AvgIpc) is 1.27. The van der Waals surface area contributed by atoms with Crippen molar-refractivity contribution in [2.45, 2.75) is 6.92 Å². The van der Waals surface area contributed by atoms with Gasteiger partial charge in [0, 0.05) is 76.9 Å². The van der Waals surface area contributed by atoms with Gasteiger partial charge in [0.2, 0.25) is 33.5 Å². The molecule has 12 aromatic rings. The zero-order chi connectivity index (χ0) is 63.2. The van der Waals surface area contributed by atoms with Crippen LogP contribution in [0.2, 0.25) is 0 Å². The summed E-state index contributed by atoms with van der Waals surface area (Å²) >= 11 is 0. The van der Waals surface area contributed by atoms with Crippen molar-refractivity contribution in [1.29, 1.82) is 0 Å². The number of aromatic hydroxyl groups is 18. The first kappa shape index (κ1) is 58.6. The van der Waals surface area contributed by atoms with Crippen molar-refractivity contribution in [2.75, 3.05) is 0 Å². The Morgan fingerprint density at radius 3 is 1.05 bits per heavy atom.